The molecule has 2 aromatic rings. The fourth-order valence-electron chi connectivity index (χ4n) is 1.16. The Bertz CT molecular complexity index is 360. The van der Waals surface area contributed by atoms with Crippen LogP contribution in [-0.2, 0) is 6.42 Å². The van der Waals surface area contributed by atoms with Gasteiger partial charge in [0.25, 0.3) is 0 Å². The lowest BCUT2D eigenvalue weighted by molar-refractivity contribution is 1.15. The van der Waals surface area contributed by atoms with E-state index in [1.54, 1.807) is 11.3 Å². The molecule has 2 rings (SSSR count). The molecule has 0 fully saturated rings. The molecule has 55 valence electrons. The summed E-state index contributed by atoms with van der Waals surface area (Å²) in [5.41, 5.74) is 1.41. The summed E-state index contributed by atoms with van der Waals surface area (Å²) in [7, 11) is 0. The summed E-state index contributed by atoms with van der Waals surface area (Å²) in [6, 6.07) is 8.64. The van der Waals surface area contributed by atoms with Crippen molar-refractivity contribution >= 4 is 21.4 Å². The van der Waals surface area contributed by atoms with Gasteiger partial charge in [0.15, 0.2) is 0 Å². The summed E-state index contributed by atoms with van der Waals surface area (Å²) < 4.78 is 1.35. The van der Waals surface area contributed by atoms with Crippen LogP contribution in [0.25, 0.3) is 10.1 Å². The number of thiophene rings is 1. The molecule has 0 N–H and O–H groups in total. The Morgan fingerprint density at radius 1 is 1.45 bits per heavy atom. The average molecular weight is 161 g/mol. The monoisotopic (exact) mass is 161 g/mol. The maximum atomic E-state index is 3.13. The lowest BCUT2D eigenvalue weighted by Gasteiger charge is -1.94. The van der Waals surface area contributed by atoms with Crippen molar-refractivity contribution in [2.45, 2.75) is 13.3 Å². The molecular weight excluding hydrogens is 152 g/mol. The van der Waals surface area contributed by atoms with Crippen molar-refractivity contribution in [2.75, 3.05) is 0 Å². The van der Waals surface area contributed by atoms with Crippen molar-refractivity contribution in [2.24, 2.45) is 0 Å². The highest BCUT2D eigenvalue weighted by Crippen LogP contribution is 2.21. The fourth-order valence-corrected chi connectivity index (χ4v) is 1.93. The van der Waals surface area contributed by atoms with Gasteiger partial charge in [-0.15, -0.1) is 11.3 Å². The van der Waals surface area contributed by atoms with Gasteiger partial charge in [0.1, 0.15) is 0 Å². The Morgan fingerprint density at radius 3 is 3.18 bits per heavy atom. The van der Waals surface area contributed by atoms with Gasteiger partial charge < -0.3 is 0 Å². The number of hydrogen-bond acceptors (Lipinski definition) is 1. The largest absolute Gasteiger partial charge is 0.134 e. The minimum Gasteiger partial charge on any atom is -0.134 e. The van der Waals surface area contributed by atoms with E-state index < -0.39 is 0 Å². The first-order chi connectivity index (χ1) is 5.40. The highest BCUT2D eigenvalue weighted by Gasteiger charge is 1.94. The lowest BCUT2D eigenvalue weighted by Crippen LogP contribution is -1.75. The van der Waals surface area contributed by atoms with E-state index in [1.165, 1.54) is 15.6 Å². The van der Waals surface area contributed by atoms with Gasteiger partial charge in [-0.1, -0.05) is 19.1 Å². The first-order valence-corrected chi connectivity index (χ1v) is 4.60. The van der Waals surface area contributed by atoms with Crippen LogP contribution in [0.15, 0.2) is 24.3 Å². The van der Waals surface area contributed by atoms with Crippen molar-refractivity contribution in [3.05, 3.63) is 35.2 Å². The number of fused-ring (bicyclic) bond motifs is 1. The van der Waals surface area contributed by atoms with Crippen LogP contribution in [-0.4, -0.2) is 0 Å². The molecule has 1 aromatic carbocycles. The van der Waals surface area contributed by atoms with E-state index in [-0.39, 0.29) is 0 Å². The van der Waals surface area contributed by atoms with Gasteiger partial charge in [-0.25, -0.2) is 0 Å². The number of aryl methyl sites for hydroxylation is 1. The first kappa shape index (κ1) is 6.86. The molecule has 0 aliphatic heterocycles. The second-order valence-electron chi connectivity index (χ2n) is 2.59. The van der Waals surface area contributed by atoms with Gasteiger partial charge in [-0.05, 0) is 29.5 Å². The summed E-state index contributed by atoms with van der Waals surface area (Å²) in [5, 5.41) is 4.44. The van der Waals surface area contributed by atoms with E-state index in [0.717, 1.165) is 6.42 Å². The van der Waals surface area contributed by atoms with Crippen molar-refractivity contribution in [1.82, 2.24) is 0 Å². The van der Waals surface area contributed by atoms with Crippen molar-refractivity contribution in [3.8, 4) is 0 Å². The Morgan fingerprint density at radius 2 is 2.36 bits per heavy atom. The Labute approximate surface area is 70.5 Å². The standard InChI is InChI=1S/C10H9S/c1-2-8-3-4-9-5-6-11-10(9)7-8/h3-5,7H,2H2,1H3. The molecule has 11 heavy (non-hydrogen) atoms. The highest BCUT2D eigenvalue weighted by molar-refractivity contribution is 7.16. The van der Waals surface area contributed by atoms with Crippen LogP contribution < -0.4 is 0 Å². The molecule has 1 aromatic heterocycles. The molecule has 0 nitrogen and oxygen atoms in total. The van der Waals surface area contributed by atoms with E-state index in [2.05, 4.69) is 30.5 Å². The molecule has 0 spiro atoms. The van der Waals surface area contributed by atoms with Crippen molar-refractivity contribution in [3.63, 3.8) is 0 Å². The number of benzene rings is 1. The molecule has 0 atom stereocenters. The predicted octanol–water partition coefficient (Wildman–Crippen LogP) is 3.26. The first-order valence-electron chi connectivity index (χ1n) is 3.78. The molecule has 0 bridgehead atoms. The molecule has 0 aliphatic carbocycles. The third kappa shape index (κ3) is 1.16. The van der Waals surface area contributed by atoms with Crippen LogP contribution in [0.1, 0.15) is 12.5 Å². The number of rotatable bonds is 1. The summed E-state index contributed by atoms with van der Waals surface area (Å²) >= 11 is 1.69. The van der Waals surface area contributed by atoms with Gasteiger partial charge in [0.05, 0.1) is 0 Å². The SMILES string of the molecule is CCc1ccc2c[c]sc2c1. The zero-order valence-corrected chi connectivity index (χ0v) is 7.24. The molecule has 0 amide bonds. The summed E-state index contributed by atoms with van der Waals surface area (Å²) in [4.78, 5) is 0. The third-order valence-electron chi connectivity index (χ3n) is 1.87. The predicted molar refractivity (Wildman–Crippen MR) is 50.0 cm³/mol. The molecule has 1 radical (unpaired) electrons. The number of hydrogen-bond donors (Lipinski definition) is 0. The maximum absolute atomic E-state index is 3.13. The van der Waals surface area contributed by atoms with Crippen LogP contribution in [0.2, 0.25) is 0 Å². The van der Waals surface area contributed by atoms with E-state index in [0.29, 0.717) is 0 Å². The van der Waals surface area contributed by atoms with Gasteiger partial charge in [-0.3, -0.25) is 0 Å². The van der Waals surface area contributed by atoms with E-state index in [1.807, 2.05) is 6.07 Å². The van der Waals surface area contributed by atoms with Crippen LogP contribution in [0, 0.1) is 5.38 Å². The second-order valence-corrected chi connectivity index (χ2v) is 3.47. The summed E-state index contributed by atoms with van der Waals surface area (Å²) in [5.74, 6) is 0. The van der Waals surface area contributed by atoms with Crippen LogP contribution in [0.3, 0.4) is 0 Å². The third-order valence-corrected chi connectivity index (χ3v) is 2.68. The normalized spacial score (nSPS) is 10.6. The van der Waals surface area contributed by atoms with Gasteiger partial charge >= 0.3 is 0 Å². The van der Waals surface area contributed by atoms with E-state index in [9.17, 15) is 0 Å². The van der Waals surface area contributed by atoms with Crippen molar-refractivity contribution in [1.29, 1.82) is 0 Å². The minimum absolute atomic E-state index is 1.12. The molecule has 0 unspecified atom stereocenters. The quantitative estimate of drug-likeness (QED) is 0.602. The van der Waals surface area contributed by atoms with Crippen LogP contribution in [0.4, 0.5) is 0 Å². The second kappa shape index (κ2) is 2.67. The Balaban J connectivity index is 2.67. The van der Waals surface area contributed by atoms with Gasteiger partial charge in [-0.2, -0.15) is 0 Å². The summed E-state index contributed by atoms with van der Waals surface area (Å²) in [6.45, 7) is 2.18. The average Bonchev–Trinajstić information content (AvgIpc) is 2.50. The zero-order chi connectivity index (χ0) is 7.68. The smallest absolute Gasteiger partial charge is 0.0455 e. The van der Waals surface area contributed by atoms with Crippen LogP contribution in [0.5, 0.6) is 0 Å². The van der Waals surface area contributed by atoms with Crippen molar-refractivity contribution < 1.29 is 0 Å². The van der Waals surface area contributed by atoms with E-state index >= 15 is 0 Å². The topological polar surface area (TPSA) is 0 Å². The van der Waals surface area contributed by atoms with Gasteiger partial charge in [0, 0.05) is 10.1 Å². The lowest BCUT2D eigenvalue weighted by atomic mass is 10.1. The Hall–Kier alpha value is -0.820. The summed E-state index contributed by atoms with van der Waals surface area (Å²) in [6.07, 6.45) is 1.12. The zero-order valence-electron chi connectivity index (χ0n) is 6.42. The highest BCUT2D eigenvalue weighted by atomic mass is 32.1. The molecule has 1 heterocycles. The molecule has 0 saturated carbocycles. The van der Waals surface area contributed by atoms with E-state index in [4.69, 9.17) is 0 Å². The maximum Gasteiger partial charge on any atom is 0.0455 e. The molecule has 1 heteroatoms. The Kier molecular flexibility index (Phi) is 1.66. The fraction of sp³-hybridized carbons (Fsp3) is 0.200. The minimum atomic E-state index is 1.12. The van der Waals surface area contributed by atoms with Crippen LogP contribution >= 0.6 is 11.3 Å². The molecule has 0 aliphatic rings. The van der Waals surface area contributed by atoms with Gasteiger partial charge in [0.2, 0.25) is 0 Å². The molecular formula is C10H9S. The molecule has 0 saturated heterocycles.